The Bertz CT molecular complexity index is 818. The predicted molar refractivity (Wildman–Crippen MR) is 105 cm³/mol. The van der Waals surface area contributed by atoms with Gasteiger partial charge >= 0.3 is 0 Å². The van der Waals surface area contributed by atoms with E-state index in [9.17, 15) is 0 Å². The molecular weight excluding hydrogens is 312 g/mol. The van der Waals surface area contributed by atoms with Gasteiger partial charge in [0.15, 0.2) is 0 Å². The molecule has 3 aromatic carbocycles. The van der Waals surface area contributed by atoms with E-state index in [1.54, 1.807) is 0 Å². The zero-order chi connectivity index (χ0) is 17.2. The molecule has 0 radical (unpaired) electrons. The second-order valence-electron chi connectivity index (χ2n) is 6.78. The molecule has 122 valence electrons. The van der Waals surface area contributed by atoms with Crippen molar-refractivity contribution in [1.82, 2.24) is 0 Å². The summed E-state index contributed by atoms with van der Waals surface area (Å²) in [6.45, 7) is 6.20. The molecular formula is C22H22OS. The highest BCUT2D eigenvalue weighted by Gasteiger charge is 2.20. The molecule has 1 nitrogen and oxygen atoms in total. The molecule has 0 bridgehead atoms. The fraction of sp³-hybridized carbons (Fsp3) is 0.182. The van der Waals surface area contributed by atoms with Gasteiger partial charge in [-0.25, -0.2) is 0 Å². The minimum atomic E-state index is -0.268. The Morgan fingerprint density at radius 3 is 1.67 bits per heavy atom. The monoisotopic (exact) mass is 334 g/mol. The third-order valence-electron chi connectivity index (χ3n) is 3.69. The van der Waals surface area contributed by atoms with E-state index in [1.807, 2.05) is 24.3 Å². The average Bonchev–Trinajstić information content (AvgIpc) is 2.56. The molecule has 0 fully saturated rings. The van der Waals surface area contributed by atoms with Gasteiger partial charge in [0, 0.05) is 16.0 Å². The standard InChI is InChI=1S/C22H22OS/c1-22(2,3)23-18-14-15-19(24)21(17-12-8-5-9-13-17)20(18)16-10-6-4-7-11-16/h4-15,24H,1-3H3. The Hall–Kier alpha value is -2.19. The lowest BCUT2D eigenvalue weighted by Gasteiger charge is -2.25. The maximum Gasteiger partial charge on any atom is 0.128 e. The van der Waals surface area contributed by atoms with Crippen LogP contribution in [-0.4, -0.2) is 5.60 Å². The molecule has 3 aromatic rings. The Kier molecular flexibility index (Phi) is 4.68. The van der Waals surface area contributed by atoms with Crippen LogP contribution in [0.1, 0.15) is 20.8 Å². The average molecular weight is 334 g/mol. The zero-order valence-electron chi connectivity index (χ0n) is 14.3. The lowest BCUT2D eigenvalue weighted by molar-refractivity contribution is 0.132. The van der Waals surface area contributed by atoms with E-state index in [-0.39, 0.29) is 5.60 Å². The molecule has 0 saturated carbocycles. The van der Waals surface area contributed by atoms with Crippen LogP contribution >= 0.6 is 12.6 Å². The van der Waals surface area contributed by atoms with Gasteiger partial charge in [0.05, 0.1) is 0 Å². The van der Waals surface area contributed by atoms with Gasteiger partial charge in [0.1, 0.15) is 11.4 Å². The van der Waals surface area contributed by atoms with Crippen LogP contribution in [0.3, 0.4) is 0 Å². The van der Waals surface area contributed by atoms with Crippen molar-refractivity contribution in [3.8, 4) is 28.0 Å². The number of hydrogen-bond acceptors (Lipinski definition) is 2. The van der Waals surface area contributed by atoms with Gasteiger partial charge in [-0.3, -0.25) is 0 Å². The van der Waals surface area contributed by atoms with Crippen molar-refractivity contribution in [3.63, 3.8) is 0 Å². The Labute approximate surface area is 149 Å². The van der Waals surface area contributed by atoms with Crippen LogP contribution in [0, 0.1) is 0 Å². The molecule has 3 rings (SSSR count). The predicted octanol–water partition coefficient (Wildman–Crippen LogP) is 6.49. The van der Waals surface area contributed by atoms with Crippen molar-refractivity contribution in [1.29, 1.82) is 0 Å². The normalized spacial score (nSPS) is 11.3. The largest absolute Gasteiger partial charge is 0.487 e. The van der Waals surface area contributed by atoms with Gasteiger partial charge < -0.3 is 4.74 Å². The number of benzene rings is 3. The highest BCUT2D eigenvalue weighted by atomic mass is 32.1. The highest BCUT2D eigenvalue weighted by Crippen LogP contribution is 2.43. The van der Waals surface area contributed by atoms with Crippen molar-refractivity contribution in [2.24, 2.45) is 0 Å². The quantitative estimate of drug-likeness (QED) is 0.539. The van der Waals surface area contributed by atoms with Crippen LogP contribution < -0.4 is 4.74 Å². The van der Waals surface area contributed by atoms with E-state index in [2.05, 4.69) is 69.3 Å². The van der Waals surface area contributed by atoms with E-state index < -0.39 is 0 Å². The van der Waals surface area contributed by atoms with Crippen LogP contribution in [0.15, 0.2) is 77.7 Å². The van der Waals surface area contributed by atoms with Gasteiger partial charge in [-0.2, -0.15) is 0 Å². The van der Waals surface area contributed by atoms with Gasteiger partial charge in [-0.05, 0) is 44.0 Å². The van der Waals surface area contributed by atoms with Crippen molar-refractivity contribution in [2.75, 3.05) is 0 Å². The zero-order valence-corrected chi connectivity index (χ0v) is 15.2. The van der Waals surface area contributed by atoms with Crippen LogP contribution in [0.2, 0.25) is 0 Å². The summed E-state index contributed by atoms with van der Waals surface area (Å²) in [6.07, 6.45) is 0. The van der Waals surface area contributed by atoms with Crippen molar-refractivity contribution >= 4 is 12.6 Å². The summed E-state index contributed by atoms with van der Waals surface area (Å²) in [4.78, 5) is 0.946. The molecule has 0 saturated heterocycles. The first-order valence-electron chi connectivity index (χ1n) is 8.11. The van der Waals surface area contributed by atoms with Gasteiger partial charge in [0.2, 0.25) is 0 Å². The van der Waals surface area contributed by atoms with Crippen molar-refractivity contribution in [2.45, 2.75) is 31.3 Å². The molecule has 0 aliphatic carbocycles. The number of hydrogen-bond donors (Lipinski definition) is 1. The summed E-state index contributed by atoms with van der Waals surface area (Å²) in [5.74, 6) is 0.880. The summed E-state index contributed by atoms with van der Waals surface area (Å²) in [5.41, 5.74) is 4.19. The first kappa shape index (κ1) is 16.7. The van der Waals surface area contributed by atoms with Gasteiger partial charge in [0.25, 0.3) is 0 Å². The first-order valence-corrected chi connectivity index (χ1v) is 8.56. The molecule has 0 atom stereocenters. The van der Waals surface area contributed by atoms with Crippen LogP contribution in [0.4, 0.5) is 0 Å². The van der Waals surface area contributed by atoms with E-state index >= 15 is 0 Å². The van der Waals surface area contributed by atoms with Gasteiger partial charge in [-0.1, -0.05) is 60.7 Å². The molecule has 0 spiro atoms. The van der Waals surface area contributed by atoms with Crippen molar-refractivity contribution < 1.29 is 4.74 Å². The molecule has 0 aromatic heterocycles. The van der Waals surface area contributed by atoms with E-state index in [0.29, 0.717) is 0 Å². The third-order valence-corrected chi connectivity index (χ3v) is 4.06. The molecule has 0 aliphatic rings. The molecule has 0 amide bonds. The third kappa shape index (κ3) is 3.65. The second-order valence-corrected chi connectivity index (χ2v) is 7.26. The maximum atomic E-state index is 6.27. The molecule has 2 heteroatoms. The Balaban J connectivity index is 2.30. The summed E-state index contributed by atoms with van der Waals surface area (Å²) in [7, 11) is 0. The fourth-order valence-electron chi connectivity index (χ4n) is 2.78. The lowest BCUT2D eigenvalue weighted by atomic mass is 9.93. The van der Waals surface area contributed by atoms with Crippen LogP contribution in [0.5, 0.6) is 5.75 Å². The maximum absolute atomic E-state index is 6.27. The topological polar surface area (TPSA) is 9.23 Å². The molecule has 0 unspecified atom stereocenters. The summed E-state index contributed by atoms with van der Waals surface area (Å²) >= 11 is 4.73. The van der Waals surface area contributed by atoms with Crippen molar-refractivity contribution in [3.05, 3.63) is 72.8 Å². The first-order chi connectivity index (χ1) is 11.5. The van der Waals surface area contributed by atoms with E-state index in [1.165, 1.54) is 0 Å². The number of rotatable bonds is 3. The highest BCUT2D eigenvalue weighted by molar-refractivity contribution is 7.80. The molecule has 0 N–H and O–H groups in total. The van der Waals surface area contributed by atoms with Crippen LogP contribution in [0.25, 0.3) is 22.3 Å². The van der Waals surface area contributed by atoms with E-state index in [4.69, 9.17) is 17.4 Å². The molecule has 0 aliphatic heterocycles. The Morgan fingerprint density at radius 1 is 0.667 bits per heavy atom. The SMILES string of the molecule is CC(C)(C)Oc1ccc(S)c(-c2ccccc2)c1-c1ccccc1. The smallest absolute Gasteiger partial charge is 0.128 e. The summed E-state index contributed by atoms with van der Waals surface area (Å²) < 4.78 is 6.27. The lowest BCUT2D eigenvalue weighted by Crippen LogP contribution is -2.23. The number of thiol groups is 1. The fourth-order valence-corrected chi connectivity index (χ4v) is 3.09. The molecule has 24 heavy (non-hydrogen) atoms. The Morgan fingerprint density at radius 2 is 1.17 bits per heavy atom. The van der Waals surface area contributed by atoms with Crippen LogP contribution in [-0.2, 0) is 0 Å². The summed E-state index contributed by atoms with van der Waals surface area (Å²) in [6, 6.07) is 24.7. The molecule has 0 heterocycles. The summed E-state index contributed by atoms with van der Waals surface area (Å²) in [5, 5.41) is 0. The van der Waals surface area contributed by atoms with E-state index in [0.717, 1.165) is 32.9 Å². The minimum absolute atomic E-state index is 0.268. The van der Waals surface area contributed by atoms with Gasteiger partial charge in [-0.15, -0.1) is 12.6 Å². The number of ether oxygens (including phenoxy) is 1. The minimum Gasteiger partial charge on any atom is -0.487 e. The second kappa shape index (κ2) is 6.74.